The average molecular weight is 365 g/mol. The molecule has 1 aromatic carbocycles. The maximum Gasteiger partial charge on any atom is 0.253 e. The number of benzene rings is 1. The molecule has 2 saturated heterocycles. The molecule has 3 rings (SSSR count). The number of likely N-dealkylation sites (tertiary alicyclic amines) is 1. The third-order valence-corrected chi connectivity index (χ3v) is 7.13. The maximum absolute atomic E-state index is 12.8. The van der Waals surface area contributed by atoms with E-state index >= 15 is 0 Å². The fourth-order valence-corrected chi connectivity index (χ4v) is 5.34. The van der Waals surface area contributed by atoms with Gasteiger partial charge in [0.25, 0.3) is 5.91 Å². The van der Waals surface area contributed by atoms with E-state index in [1.54, 1.807) is 28.6 Å². The number of hydrogen-bond donors (Lipinski definition) is 0. The van der Waals surface area contributed by atoms with Gasteiger partial charge in [0.2, 0.25) is 10.0 Å². The Morgan fingerprint density at radius 3 is 2.20 bits per heavy atom. The quantitative estimate of drug-likeness (QED) is 0.828. The van der Waals surface area contributed by atoms with E-state index in [-0.39, 0.29) is 10.8 Å². The number of piperidine rings is 1. The summed E-state index contributed by atoms with van der Waals surface area (Å²) in [6, 6.07) is 6.49. The van der Waals surface area contributed by atoms with Crippen molar-refractivity contribution >= 4 is 15.9 Å². The average Bonchev–Trinajstić information content (AvgIpc) is 2.90. The van der Waals surface area contributed by atoms with E-state index in [1.165, 1.54) is 12.8 Å². The predicted molar refractivity (Wildman–Crippen MR) is 98.0 cm³/mol. The molecule has 5 nitrogen and oxygen atoms in total. The van der Waals surface area contributed by atoms with E-state index in [2.05, 4.69) is 6.92 Å². The van der Waals surface area contributed by atoms with Crippen LogP contribution in [0.2, 0.25) is 0 Å². The molecule has 0 N–H and O–H groups in total. The molecular formula is C19H28N2O3S. The number of carbonyl (C=O) groups is 1. The van der Waals surface area contributed by atoms with Gasteiger partial charge in [-0.25, -0.2) is 8.42 Å². The van der Waals surface area contributed by atoms with Gasteiger partial charge in [0, 0.05) is 31.7 Å². The van der Waals surface area contributed by atoms with Crippen molar-refractivity contribution in [3.05, 3.63) is 29.8 Å². The van der Waals surface area contributed by atoms with Gasteiger partial charge in [0.15, 0.2) is 0 Å². The molecule has 0 aliphatic carbocycles. The second-order valence-electron chi connectivity index (χ2n) is 7.34. The number of rotatable bonds is 3. The Hall–Kier alpha value is -1.40. The molecule has 0 bridgehead atoms. The highest BCUT2D eigenvalue weighted by Crippen LogP contribution is 2.24. The van der Waals surface area contributed by atoms with Crippen LogP contribution >= 0.6 is 0 Å². The summed E-state index contributed by atoms with van der Waals surface area (Å²) in [6.45, 7) is 4.84. The summed E-state index contributed by atoms with van der Waals surface area (Å²) in [5.41, 5.74) is 0.577. The second kappa shape index (κ2) is 7.87. The van der Waals surface area contributed by atoms with Crippen LogP contribution in [0.5, 0.6) is 0 Å². The SMILES string of the molecule is C[C@H]1CCCN(S(=O)(=O)c2ccc(C(=O)N3CCCCCC3)cc2)C1. The van der Waals surface area contributed by atoms with Gasteiger partial charge in [-0.15, -0.1) is 0 Å². The Balaban J connectivity index is 1.74. The summed E-state index contributed by atoms with van der Waals surface area (Å²) < 4.78 is 27.2. The minimum atomic E-state index is -3.46. The summed E-state index contributed by atoms with van der Waals surface area (Å²) in [6.07, 6.45) is 6.43. The van der Waals surface area contributed by atoms with E-state index in [4.69, 9.17) is 0 Å². The lowest BCUT2D eigenvalue weighted by Gasteiger charge is -2.30. The van der Waals surface area contributed by atoms with Crippen molar-refractivity contribution in [2.24, 2.45) is 5.92 Å². The third kappa shape index (κ3) is 4.23. The van der Waals surface area contributed by atoms with Crippen LogP contribution in [-0.4, -0.2) is 49.7 Å². The van der Waals surface area contributed by atoms with Crippen LogP contribution in [0.15, 0.2) is 29.2 Å². The number of sulfonamides is 1. The highest BCUT2D eigenvalue weighted by atomic mass is 32.2. The van der Waals surface area contributed by atoms with E-state index in [9.17, 15) is 13.2 Å². The molecule has 25 heavy (non-hydrogen) atoms. The number of amides is 1. The zero-order valence-electron chi connectivity index (χ0n) is 15.0. The molecule has 0 aromatic heterocycles. The van der Waals surface area contributed by atoms with Gasteiger partial charge >= 0.3 is 0 Å². The highest BCUT2D eigenvalue weighted by Gasteiger charge is 2.28. The summed E-state index contributed by atoms with van der Waals surface area (Å²) in [4.78, 5) is 14.8. The Labute approximate surface area is 151 Å². The normalized spacial score (nSPS) is 23.2. The Morgan fingerprint density at radius 2 is 1.60 bits per heavy atom. The lowest BCUT2D eigenvalue weighted by molar-refractivity contribution is 0.0761. The van der Waals surface area contributed by atoms with E-state index in [0.717, 1.165) is 38.8 Å². The van der Waals surface area contributed by atoms with Crippen LogP contribution in [0.25, 0.3) is 0 Å². The number of carbonyl (C=O) groups excluding carboxylic acids is 1. The molecule has 2 heterocycles. The number of nitrogens with zero attached hydrogens (tertiary/aromatic N) is 2. The molecule has 0 spiro atoms. The van der Waals surface area contributed by atoms with Crippen molar-refractivity contribution in [3.63, 3.8) is 0 Å². The molecule has 1 amide bonds. The molecule has 0 unspecified atom stereocenters. The lowest BCUT2D eigenvalue weighted by Crippen LogP contribution is -2.39. The van der Waals surface area contributed by atoms with E-state index in [0.29, 0.717) is 24.6 Å². The summed E-state index contributed by atoms with van der Waals surface area (Å²) in [7, 11) is -3.46. The van der Waals surface area contributed by atoms with E-state index in [1.807, 2.05) is 4.90 Å². The molecule has 2 aliphatic heterocycles. The van der Waals surface area contributed by atoms with Crippen LogP contribution in [0.3, 0.4) is 0 Å². The van der Waals surface area contributed by atoms with Crippen LogP contribution in [0.1, 0.15) is 55.8 Å². The molecule has 6 heteroatoms. The van der Waals surface area contributed by atoms with Crippen molar-refractivity contribution in [1.82, 2.24) is 9.21 Å². The fraction of sp³-hybridized carbons (Fsp3) is 0.632. The van der Waals surface area contributed by atoms with Gasteiger partial charge in [-0.1, -0.05) is 19.8 Å². The molecule has 1 aromatic rings. The van der Waals surface area contributed by atoms with Crippen molar-refractivity contribution in [2.75, 3.05) is 26.2 Å². The molecule has 2 fully saturated rings. The minimum Gasteiger partial charge on any atom is -0.339 e. The topological polar surface area (TPSA) is 57.7 Å². The maximum atomic E-state index is 12.8. The Bertz CT molecular complexity index is 692. The van der Waals surface area contributed by atoms with Gasteiger partial charge in [-0.2, -0.15) is 4.31 Å². The van der Waals surface area contributed by atoms with Crippen molar-refractivity contribution in [3.8, 4) is 0 Å². The number of hydrogen-bond acceptors (Lipinski definition) is 3. The van der Waals surface area contributed by atoms with Gasteiger partial charge < -0.3 is 4.90 Å². The third-order valence-electron chi connectivity index (χ3n) is 5.25. The highest BCUT2D eigenvalue weighted by molar-refractivity contribution is 7.89. The summed E-state index contributed by atoms with van der Waals surface area (Å²) in [5, 5.41) is 0. The van der Waals surface area contributed by atoms with Gasteiger partial charge in [-0.3, -0.25) is 4.79 Å². The van der Waals surface area contributed by atoms with Crippen molar-refractivity contribution in [2.45, 2.75) is 50.3 Å². The zero-order valence-corrected chi connectivity index (χ0v) is 15.8. The zero-order chi connectivity index (χ0) is 17.9. The summed E-state index contributed by atoms with van der Waals surface area (Å²) >= 11 is 0. The summed E-state index contributed by atoms with van der Waals surface area (Å²) in [5.74, 6) is 0.407. The molecule has 0 radical (unpaired) electrons. The molecule has 1 atom stereocenters. The molecule has 138 valence electrons. The van der Waals surface area contributed by atoms with Gasteiger partial charge in [-0.05, 0) is 55.9 Å². The first-order chi connectivity index (χ1) is 12.0. The monoisotopic (exact) mass is 364 g/mol. The van der Waals surface area contributed by atoms with Crippen LogP contribution in [-0.2, 0) is 10.0 Å². The van der Waals surface area contributed by atoms with Crippen molar-refractivity contribution in [1.29, 1.82) is 0 Å². The van der Waals surface area contributed by atoms with E-state index < -0.39 is 10.0 Å². The van der Waals surface area contributed by atoms with Crippen LogP contribution in [0, 0.1) is 5.92 Å². The van der Waals surface area contributed by atoms with Crippen LogP contribution < -0.4 is 0 Å². The van der Waals surface area contributed by atoms with Crippen LogP contribution in [0.4, 0.5) is 0 Å². The first-order valence-corrected chi connectivity index (χ1v) is 10.8. The predicted octanol–water partition coefficient (Wildman–Crippen LogP) is 3.12. The second-order valence-corrected chi connectivity index (χ2v) is 9.28. The lowest BCUT2D eigenvalue weighted by atomic mass is 10.0. The molecule has 2 aliphatic rings. The first kappa shape index (κ1) is 18.4. The molecule has 0 saturated carbocycles. The largest absolute Gasteiger partial charge is 0.339 e. The standard InChI is InChI=1S/C19H28N2O3S/c1-16-7-6-14-21(15-16)25(23,24)18-10-8-17(9-11-18)19(22)20-12-4-2-3-5-13-20/h8-11,16H,2-7,12-15H2,1H3/t16-/m0/s1. The Morgan fingerprint density at radius 1 is 0.960 bits per heavy atom. The fourth-order valence-electron chi connectivity index (χ4n) is 3.74. The van der Waals surface area contributed by atoms with Gasteiger partial charge in [0.05, 0.1) is 4.90 Å². The first-order valence-electron chi connectivity index (χ1n) is 9.38. The Kier molecular flexibility index (Phi) is 5.79. The molecular weight excluding hydrogens is 336 g/mol. The van der Waals surface area contributed by atoms with Gasteiger partial charge in [0.1, 0.15) is 0 Å². The minimum absolute atomic E-state index is 0.0115. The van der Waals surface area contributed by atoms with Crippen molar-refractivity contribution < 1.29 is 13.2 Å². The smallest absolute Gasteiger partial charge is 0.253 e.